The van der Waals surface area contributed by atoms with Gasteiger partial charge in [-0.1, -0.05) is 48.5 Å². The van der Waals surface area contributed by atoms with E-state index in [0.29, 0.717) is 12.8 Å². The van der Waals surface area contributed by atoms with Crippen LogP contribution in [-0.4, -0.2) is 48.6 Å². The molecule has 0 spiro atoms. The first-order valence-corrected chi connectivity index (χ1v) is 20.6. The maximum absolute atomic E-state index is 12.1. The zero-order valence-electron chi connectivity index (χ0n) is 35.6. The third kappa shape index (κ3) is 10.7. The molecular weight excluding hydrogens is 749 g/mol. The lowest BCUT2D eigenvalue weighted by Gasteiger charge is -2.29. The fourth-order valence-electron chi connectivity index (χ4n) is 7.34. The van der Waals surface area contributed by atoms with Crippen LogP contribution in [0, 0.1) is 41.5 Å². The van der Waals surface area contributed by atoms with Gasteiger partial charge < -0.3 is 29.5 Å². The Bertz CT molecular complexity index is 2250. The second kappa shape index (κ2) is 20.2. The second-order valence-corrected chi connectivity index (χ2v) is 15.4. The highest BCUT2D eigenvalue weighted by Gasteiger charge is 2.19. The summed E-state index contributed by atoms with van der Waals surface area (Å²) < 4.78 is 10.1. The van der Waals surface area contributed by atoms with Crippen LogP contribution in [0.25, 0.3) is 11.1 Å². The van der Waals surface area contributed by atoms with Crippen molar-refractivity contribution in [1.29, 1.82) is 0 Å². The number of rotatable bonds is 17. The Labute approximate surface area is 354 Å². The van der Waals surface area contributed by atoms with Crippen LogP contribution in [-0.2, 0) is 31.9 Å². The first-order valence-electron chi connectivity index (χ1n) is 20.6. The van der Waals surface area contributed by atoms with Crippen molar-refractivity contribution in [2.75, 3.05) is 36.2 Å². The van der Waals surface area contributed by atoms with E-state index in [0.717, 1.165) is 67.5 Å². The highest BCUT2D eigenvalue weighted by Crippen LogP contribution is 2.41. The molecule has 0 saturated carbocycles. The minimum absolute atomic E-state index is 0.0192. The highest BCUT2D eigenvalue weighted by molar-refractivity contribution is 5.84. The predicted octanol–water partition coefficient (Wildman–Crippen LogP) is 11.1. The number of anilines is 6. The van der Waals surface area contributed by atoms with Gasteiger partial charge in [-0.15, -0.1) is 0 Å². The Morgan fingerprint density at radius 3 is 1.13 bits per heavy atom. The monoisotopic (exact) mass is 804 g/mol. The molecule has 0 fully saturated rings. The van der Waals surface area contributed by atoms with E-state index in [4.69, 9.17) is 19.7 Å². The fraction of sp³-hybridized carbons (Fsp3) is 0.269. The van der Waals surface area contributed by atoms with E-state index in [-0.39, 0.29) is 51.2 Å². The van der Waals surface area contributed by atoms with E-state index in [1.54, 1.807) is 0 Å². The molecule has 0 aliphatic rings. The van der Waals surface area contributed by atoms with Crippen LogP contribution >= 0.6 is 0 Å². The Morgan fingerprint density at radius 2 is 0.800 bits per heavy atom. The molecule has 8 heteroatoms. The van der Waals surface area contributed by atoms with Gasteiger partial charge in [0.1, 0.15) is 13.2 Å². The number of nitrogens with zero attached hydrogens (tertiary/aromatic N) is 2. The van der Waals surface area contributed by atoms with Gasteiger partial charge in [-0.2, -0.15) is 0 Å². The van der Waals surface area contributed by atoms with Crippen molar-refractivity contribution >= 4 is 46.1 Å². The van der Waals surface area contributed by atoms with E-state index >= 15 is 0 Å². The normalized spacial score (nSPS) is 11.0. The van der Waals surface area contributed by atoms with Crippen molar-refractivity contribution in [3.8, 4) is 11.1 Å². The van der Waals surface area contributed by atoms with Crippen LogP contribution in [0.3, 0.4) is 0 Å². The smallest absolute Gasteiger partial charge is 0.306 e. The van der Waals surface area contributed by atoms with Gasteiger partial charge in [-0.3, -0.25) is 9.59 Å². The van der Waals surface area contributed by atoms with Crippen LogP contribution < -0.4 is 9.80 Å². The molecule has 6 aromatic rings. The summed E-state index contributed by atoms with van der Waals surface area (Å²) in [7, 11) is 0. The molecular formula is C52H56N2O6. The van der Waals surface area contributed by atoms with Gasteiger partial charge in [0.25, 0.3) is 0 Å². The number of aliphatic hydroxyl groups is 2. The SMILES string of the molecule is Cc1ccc(N(c2ccc(CCC(=O)OCCO)cc2)c2ccc(-c3ccc(N(c4ccc(CCC(=O)OCCO)cc4)c4ccc(C)c(C)c4)c(C)c3)cc2C)cc1C. The molecule has 0 heterocycles. The van der Waals surface area contributed by atoms with E-state index in [2.05, 4.69) is 173 Å². The predicted molar refractivity (Wildman–Crippen MR) is 242 cm³/mol. The molecule has 2 N–H and O–H groups in total. The number of hydrogen-bond acceptors (Lipinski definition) is 8. The van der Waals surface area contributed by atoms with Crippen molar-refractivity contribution in [3.05, 3.63) is 166 Å². The molecule has 6 rings (SSSR count). The number of carbonyl (C=O) groups is 2. The van der Waals surface area contributed by atoms with Gasteiger partial charge in [0, 0.05) is 47.0 Å². The number of ether oxygens (including phenoxy) is 2. The molecule has 8 nitrogen and oxygen atoms in total. The summed E-state index contributed by atoms with van der Waals surface area (Å²) in [6.45, 7) is 12.5. The Kier molecular flexibility index (Phi) is 14.6. The molecule has 0 unspecified atom stereocenters. The Balaban J connectivity index is 1.30. The lowest BCUT2D eigenvalue weighted by atomic mass is 9.98. The second-order valence-electron chi connectivity index (χ2n) is 15.4. The summed E-state index contributed by atoms with van der Waals surface area (Å²) in [6.07, 6.45) is 1.63. The molecule has 0 radical (unpaired) electrons. The van der Waals surface area contributed by atoms with Gasteiger partial charge in [0.2, 0.25) is 0 Å². The molecule has 0 aromatic heterocycles. The van der Waals surface area contributed by atoms with Crippen LogP contribution in [0.5, 0.6) is 0 Å². The van der Waals surface area contributed by atoms with Gasteiger partial charge in [-0.25, -0.2) is 0 Å². The quantitative estimate of drug-likeness (QED) is 0.0880. The van der Waals surface area contributed by atoms with Gasteiger partial charge in [-0.05, 0) is 183 Å². The summed E-state index contributed by atoms with van der Waals surface area (Å²) in [5.41, 5.74) is 17.7. The lowest BCUT2D eigenvalue weighted by Crippen LogP contribution is -2.12. The molecule has 0 bridgehead atoms. The lowest BCUT2D eigenvalue weighted by molar-refractivity contribution is -0.145. The van der Waals surface area contributed by atoms with E-state index in [1.807, 2.05) is 0 Å². The van der Waals surface area contributed by atoms with Crippen LogP contribution in [0.15, 0.2) is 121 Å². The molecule has 60 heavy (non-hydrogen) atoms. The summed E-state index contributed by atoms with van der Waals surface area (Å²) in [6, 6.07) is 43.0. The van der Waals surface area contributed by atoms with Gasteiger partial charge >= 0.3 is 11.9 Å². The highest BCUT2D eigenvalue weighted by atomic mass is 16.5. The average molecular weight is 805 g/mol. The first-order chi connectivity index (χ1) is 28.9. The van der Waals surface area contributed by atoms with Crippen LogP contribution in [0.2, 0.25) is 0 Å². The zero-order valence-corrected chi connectivity index (χ0v) is 35.6. The Morgan fingerprint density at radius 1 is 0.433 bits per heavy atom. The van der Waals surface area contributed by atoms with Crippen LogP contribution in [0.4, 0.5) is 34.1 Å². The summed E-state index contributed by atoms with van der Waals surface area (Å²) in [5, 5.41) is 17.9. The third-order valence-corrected chi connectivity index (χ3v) is 11.0. The average Bonchev–Trinajstić information content (AvgIpc) is 3.25. The largest absolute Gasteiger partial charge is 0.463 e. The topological polar surface area (TPSA) is 99.5 Å². The fourth-order valence-corrected chi connectivity index (χ4v) is 7.34. The maximum atomic E-state index is 12.1. The minimum atomic E-state index is -0.316. The number of hydrogen-bond donors (Lipinski definition) is 2. The molecule has 0 atom stereocenters. The summed E-state index contributed by atoms with van der Waals surface area (Å²) in [4.78, 5) is 28.7. The third-order valence-electron chi connectivity index (χ3n) is 11.0. The standard InChI is InChI=1S/C52H56N2O6/c1-35-7-17-47(33-37(35)3)53(45-19-9-41(10-20-45)13-25-51(57)59-29-27-55)49-23-15-43(31-39(49)5)44-16-24-50(40(6)32-44)54(48-18-8-36(2)38(4)34-48)46-21-11-42(12-22-46)14-26-52(58)60-30-28-56/h7-12,15-24,31-34,55-56H,13-14,25-30H2,1-6H3. The first kappa shape index (κ1) is 43.4. The van der Waals surface area contributed by atoms with Crippen molar-refractivity contribution in [2.24, 2.45) is 0 Å². The van der Waals surface area contributed by atoms with E-state index in [9.17, 15) is 9.59 Å². The van der Waals surface area contributed by atoms with Crippen LogP contribution in [0.1, 0.15) is 57.3 Å². The van der Waals surface area contributed by atoms with Gasteiger partial charge in [0.05, 0.1) is 13.2 Å². The van der Waals surface area contributed by atoms with Gasteiger partial charge in [0.15, 0.2) is 0 Å². The van der Waals surface area contributed by atoms with Crippen molar-refractivity contribution in [3.63, 3.8) is 0 Å². The maximum Gasteiger partial charge on any atom is 0.306 e. The molecule has 0 saturated heterocycles. The number of carbonyl (C=O) groups excluding carboxylic acids is 2. The Hall–Kier alpha value is -6.22. The van der Waals surface area contributed by atoms with Crippen molar-refractivity contribution in [2.45, 2.75) is 67.2 Å². The molecule has 0 aliphatic heterocycles. The van der Waals surface area contributed by atoms with Crippen molar-refractivity contribution in [1.82, 2.24) is 0 Å². The molecule has 310 valence electrons. The summed E-state index contributed by atoms with van der Waals surface area (Å²) >= 11 is 0. The summed E-state index contributed by atoms with van der Waals surface area (Å²) in [5.74, 6) is -0.631. The number of benzene rings is 6. The zero-order chi connectivity index (χ0) is 42.8. The van der Waals surface area contributed by atoms with E-state index < -0.39 is 0 Å². The van der Waals surface area contributed by atoms with Crippen molar-refractivity contribution < 1.29 is 29.3 Å². The minimum Gasteiger partial charge on any atom is -0.463 e. The molecule has 0 aliphatic carbocycles. The molecule has 6 aromatic carbocycles. The number of aryl methyl sites for hydroxylation is 8. The molecule has 0 amide bonds. The van der Waals surface area contributed by atoms with E-state index in [1.165, 1.54) is 22.3 Å². The number of aliphatic hydroxyl groups excluding tert-OH is 2. The number of esters is 2.